The summed E-state index contributed by atoms with van der Waals surface area (Å²) in [5.74, 6) is 0. The lowest BCUT2D eigenvalue weighted by Gasteiger charge is -2.19. The number of hydrogen-bond acceptors (Lipinski definition) is 4. The van der Waals surface area contributed by atoms with E-state index in [4.69, 9.17) is 5.11 Å². The molecular formula is C10H8F3NO5. The van der Waals surface area contributed by atoms with Gasteiger partial charge in [-0.1, -0.05) is 0 Å². The molecule has 0 spiro atoms. The van der Waals surface area contributed by atoms with E-state index in [1.807, 2.05) is 0 Å². The zero-order chi connectivity index (χ0) is 14.6. The van der Waals surface area contributed by atoms with E-state index in [9.17, 15) is 28.1 Å². The lowest BCUT2D eigenvalue weighted by Crippen LogP contribution is -2.29. The zero-order valence-corrected chi connectivity index (χ0v) is 9.20. The average molecular weight is 279 g/mol. The molecule has 6 nitrogen and oxygen atoms in total. The van der Waals surface area contributed by atoms with Gasteiger partial charge >= 0.3 is 6.16 Å². The van der Waals surface area contributed by atoms with Crippen molar-refractivity contribution in [1.82, 2.24) is 0 Å². The minimum absolute atomic E-state index is 0.336. The molecule has 1 N–H and O–H groups in total. The van der Waals surface area contributed by atoms with Crippen LogP contribution in [-0.4, -0.2) is 28.7 Å². The third-order valence-corrected chi connectivity index (χ3v) is 2.20. The molecule has 0 aliphatic carbocycles. The largest absolute Gasteiger partial charge is 0.506 e. The molecule has 0 fully saturated rings. The minimum atomic E-state index is -3.36. The highest BCUT2D eigenvalue weighted by Crippen LogP contribution is 2.29. The van der Waals surface area contributed by atoms with Crippen LogP contribution < -0.4 is 0 Å². The highest BCUT2D eigenvalue weighted by Gasteiger charge is 2.35. The van der Waals surface area contributed by atoms with Crippen molar-refractivity contribution in [3.63, 3.8) is 0 Å². The summed E-state index contributed by atoms with van der Waals surface area (Å²) in [4.78, 5) is 19.8. The number of ether oxygens (including phenoxy) is 1. The molecule has 0 amide bonds. The van der Waals surface area contributed by atoms with E-state index in [0.717, 1.165) is 24.3 Å². The number of alkyl halides is 3. The molecule has 1 aromatic rings. The summed E-state index contributed by atoms with van der Waals surface area (Å²) in [6, 6.07) is 3.68. The normalized spacial score (nSPS) is 13.9. The fourth-order valence-electron chi connectivity index (χ4n) is 1.32. The number of non-ortho nitro benzene ring substituents is 1. The molecule has 104 valence electrons. The van der Waals surface area contributed by atoms with E-state index in [-0.39, 0.29) is 11.3 Å². The third kappa shape index (κ3) is 3.83. The van der Waals surface area contributed by atoms with E-state index in [1.54, 1.807) is 0 Å². The lowest BCUT2D eigenvalue weighted by molar-refractivity contribution is -0.384. The van der Waals surface area contributed by atoms with Gasteiger partial charge in [0.15, 0.2) is 6.17 Å². The maximum absolute atomic E-state index is 13.7. The fraction of sp³-hybridized carbons (Fsp3) is 0.300. The van der Waals surface area contributed by atoms with Crippen LogP contribution in [0, 0.1) is 10.1 Å². The number of benzene rings is 1. The van der Waals surface area contributed by atoms with Crippen molar-refractivity contribution in [2.24, 2.45) is 0 Å². The van der Waals surface area contributed by atoms with Crippen LogP contribution in [-0.2, 0) is 4.74 Å². The number of hydrogen-bond donors (Lipinski definition) is 1. The van der Waals surface area contributed by atoms with Crippen molar-refractivity contribution < 1.29 is 32.7 Å². The Bertz CT molecular complexity index is 465. The predicted molar refractivity (Wildman–Crippen MR) is 55.8 cm³/mol. The number of nitrogens with zero attached hydrogens (tertiary/aromatic N) is 1. The average Bonchev–Trinajstić information content (AvgIpc) is 2.34. The zero-order valence-electron chi connectivity index (χ0n) is 9.20. The Morgan fingerprint density at radius 3 is 2.16 bits per heavy atom. The van der Waals surface area contributed by atoms with Gasteiger partial charge in [0.25, 0.3) is 12.1 Å². The van der Waals surface area contributed by atoms with Crippen molar-refractivity contribution in [3.8, 4) is 0 Å². The Hall–Kier alpha value is -2.32. The van der Waals surface area contributed by atoms with Crippen LogP contribution in [0.1, 0.15) is 11.7 Å². The molecule has 0 aliphatic heterocycles. The molecule has 1 rings (SSSR count). The standard InChI is InChI=1S/C10H8F3NO5/c11-7(8(9(12)13)19-10(15)16)5-1-3-6(4-2-5)14(17)18/h1-4,7-9H,(H,15,16). The first-order valence-electron chi connectivity index (χ1n) is 4.89. The van der Waals surface area contributed by atoms with Crippen LogP contribution in [0.4, 0.5) is 23.7 Å². The van der Waals surface area contributed by atoms with Gasteiger partial charge in [-0.15, -0.1) is 0 Å². The number of halogens is 3. The predicted octanol–water partition coefficient (Wildman–Crippen LogP) is 2.93. The first kappa shape index (κ1) is 14.7. The number of nitro groups is 1. The van der Waals surface area contributed by atoms with Crippen LogP contribution in [0.25, 0.3) is 0 Å². The number of carbonyl (C=O) groups is 1. The van der Waals surface area contributed by atoms with Gasteiger partial charge in [0.1, 0.15) is 0 Å². The minimum Gasteiger partial charge on any atom is -0.450 e. The first-order valence-corrected chi connectivity index (χ1v) is 4.89. The third-order valence-electron chi connectivity index (χ3n) is 2.20. The van der Waals surface area contributed by atoms with Gasteiger partial charge in [0, 0.05) is 12.1 Å². The lowest BCUT2D eigenvalue weighted by atomic mass is 10.1. The van der Waals surface area contributed by atoms with E-state index in [2.05, 4.69) is 4.74 Å². The van der Waals surface area contributed by atoms with E-state index in [0.29, 0.717) is 0 Å². The molecule has 0 saturated heterocycles. The second-order valence-corrected chi connectivity index (χ2v) is 3.43. The smallest absolute Gasteiger partial charge is 0.450 e. The molecule has 0 heterocycles. The number of rotatable bonds is 5. The van der Waals surface area contributed by atoms with Crippen LogP contribution in [0.5, 0.6) is 0 Å². The Kier molecular flexibility index (Phi) is 4.67. The summed E-state index contributed by atoms with van der Waals surface area (Å²) in [6.45, 7) is 0. The Morgan fingerprint density at radius 2 is 1.79 bits per heavy atom. The maximum Gasteiger partial charge on any atom is 0.506 e. The Balaban J connectivity index is 2.92. The first-order chi connectivity index (χ1) is 8.82. The summed E-state index contributed by atoms with van der Waals surface area (Å²) < 4.78 is 42.4. The summed E-state index contributed by atoms with van der Waals surface area (Å²) in [5.41, 5.74) is -0.680. The van der Waals surface area contributed by atoms with Crippen molar-refractivity contribution in [1.29, 1.82) is 0 Å². The number of carboxylic acid groups (broad SMARTS) is 1. The van der Waals surface area contributed by atoms with E-state index in [1.165, 1.54) is 0 Å². The quantitative estimate of drug-likeness (QED) is 0.508. The van der Waals surface area contributed by atoms with Gasteiger partial charge < -0.3 is 9.84 Å². The van der Waals surface area contributed by atoms with E-state index < -0.39 is 29.8 Å². The van der Waals surface area contributed by atoms with Crippen molar-refractivity contribution in [2.75, 3.05) is 0 Å². The molecule has 0 aliphatic rings. The molecule has 0 radical (unpaired) electrons. The SMILES string of the molecule is O=C(O)OC(C(F)F)C(F)c1ccc([N+](=O)[O-])cc1. The highest BCUT2D eigenvalue weighted by atomic mass is 19.3. The topological polar surface area (TPSA) is 89.7 Å². The van der Waals surface area contributed by atoms with Crippen molar-refractivity contribution >= 4 is 11.8 Å². The molecule has 19 heavy (non-hydrogen) atoms. The molecular weight excluding hydrogens is 271 g/mol. The summed E-state index contributed by atoms with van der Waals surface area (Å²) >= 11 is 0. The van der Waals surface area contributed by atoms with Crippen LogP contribution in [0.2, 0.25) is 0 Å². The Labute approximate surface area is 104 Å². The molecule has 0 saturated carbocycles. The van der Waals surface area contributed by atoms with Gasteiger partial charge in [-0.05, 0) is 17.7 Å². The van der Waals surface area contributed by atoms with Gasteiger partial charge in [-0.2, -0.15) is 0 Å². The fourth-order valence-corrected chi connectivity index (χ4v) is 1.32. The maximum atomic E-state index is 13.7. The molecule has 9 heteroatoms. The van der Waals surface area contributed by atoms with E-state index >= 15 is 0 Å². The second kappa shape index (κ2) is 6.03. The van der Waals surface area contributed by atoms with Gasteiger partial charge in [0.2, 0.25) is 6.10 Å². The summed E-state index contributed by atoms with van der Waals surface area (Å²) in [7, 11) is 0. The molecule has 2 unspecified atom stereocenters. The second-order valence-electron chi connectivity index (χ2n) is 3.43. The van der Waals surface area contributed by atoms with Crippen molar-refractivity contribution in [2.45, 2.75) is 18.7 Å². The monoisotopic (exact) mass is 279 g/mol. The van der Waals surface area contributed by atoms with Crippen LogP contribution >= 0.6 is 0 Å². The van der Waals surface area contributed by atoms with Crippen LogP contribution in [0.15, 0.2) is 24.3 Å². The Morgan fingerprint density at radius 1 is 1.26 bits per heavy atom. The highest BCUT2D eigenvalue weighted by molar-refractivity contribution is 5.57. The molecule has 0 aromatic heterocycles. The molecule has 0 bridgehead atoms. The van der Waals surface area contributed by atoms with Gasteiger partial charge in [-0.25, -0.2) is 18.0 Å². The van der Waals surface area contributed by atoms with Crippen molar-refractivity contribution in [3.05, 3.63) is 39.9 Å². The van der Waals surface area contributed by atoms with Gasteiger partial charge in [-0.3, -0.25) is 10.1 Å². The number of nitro benzene ring substituents is 1. The summed E-state index contributed by atoms with van der Waals surface area (Å²) in [6.07, 6.45) is -10.3. The van der Waals surface area contributed by atoms with Gasteiger partial charge in [0.05, 0.1) is 4.92 Å². The summed E-state index contributed by atoms with van der Waals surface area (Å²) in [5, 5.41) is 18.6. The molecule has 1 aromatic carbocycles. The molecule has 2 atom stereocenters. The van der Waals surface area contributed by atoms with Crippen LogP contribution in [0.3, 0.4) is 0 Å².